The lowest BCUT2D eigenvalue weighted by atomic mass is 10.1. The Morgan fingerprint density at radius 1 is 1.44 bits per heavy atom. The number of alkyl halides is 1. The highest BCUT2D eigenvalue weighted by molar-refractivity contribution is 9.10. The van der Waals surface area contributed by atoms with E-state index in [4.69, 9.17) is 4.74 Å². The van der Waals surface area contributed by atoms with Gasteiger partial charge in [-0.15, -0.1) is 0 Å². The minimum Gasteiger partial charge on any atom is -0.369 e. The molecule has 1 saturated carbocycles. The van der Waals surface area contributed by atoms with Crippen LogP contribution >= 0.6 is 31.9 Å². The molecule has 2 rings (SSSR count). The maximum Gasteiger partial charge on any atom is 0.0925 e. The van der Waals surface area contributed by atoms with Crippen molar-refractivity contribution in [1.29, 1.82) is 0 Å². The maximum absolute atomic E-state index is 6.10. The lowest BCUT2D eigenvalue weighted by Gasteiger charge is -2.21. The topological polar surface area (TPSA) is 9.23 Å². The van der Waals surface area contributed by atoms with Crippen molar-refractivity contribution in [1.82, 2.24) is 0 Å². The highest BCUT2D eigenvalue weighted by atomic mass is 79.9. The molecule has 0 heterocycles. The van der Waals surface area contributed by atoms with Crippen molar-refractivity contribution in [2.24, 2.45) is 5.92 Å². The summed E-state index contributed by atoms with van der Waals surface area (Å²) in [4.78, 5) is 0. The summed E-state index contributed by atoms with van der Waals surface area (Å²) in [5.41, 5.74) is 1.23. The normalized spacial score (nSPS) is 19.4. The first-order valence-electron chi connectivity index (χ1n) is 5.67. The zero-order valence-corrected chi connectivity index (χ0v) is 12.5. The van der Waals surface area contributed by atoms with Gasteiger partial charge in [0, 0.05) is 9.80 Å². The molecule has 0 N–H and O–H groups in total. The third-order valence-corrected chi connectivity index (χ3v) is 4.11. The van der Waals surface area contributed by atoms with E-state index in [1.165, 1.54) is 18.4 Å². The largest absolute Gasteiger partial charge is 0.369 e. The summed E-state index contributed by atoms with van der Waals surface area (Å²) in [6, 6.07) is 8.35. The van der Waals surface area contributed by atoms with Crippen molar-refractivity contribution in [2.45, 2.75) is 32.0 Å². The summed E-state index contributed by atoms with van der Waals surface area (Å²) in [5.74, 6) is 0.786. The first-order chi connectivity index (χ1) is 7.70. The monoisotopic (exact) mass is 346 g/mol. The molecule has 0 bridgehead atoms. The number of hydrogen-bond acceptors (Lipinski definition) is 1. The summed E-state index contributed by atoms with van der Waals surface area (Å²) in [7, 11) is 0. The van der Waals surface area contributed by atoms with Gasteiger partial charge in [-0.25, -0.2) is 0 Å². The minimum absolute atomic E-state index is 0.160. The van der Waals surface area contributed by atoms with Crippen molar-refractivity contribution in [3.8, 4) is 0 Å². The molecule has 1 nitrogen and oxygen atoms in total. The van der Waals surface area contributed by atoms with Gasteiger partial charge < -0.3 is 4.74 Å². The molecule has 1 fully saturated rings. The van der Waals surface area contributed by atoms with Crippen LogP contribution in [0.1, 0.15) is 31.4 Å². The molecule has 1 aromatic carbocycles. The predicted molar refractivity (Wildman–Crippen MR) is 73.9 cm³/mol. The molecular formula is C13H16Br2O. The summed E-state index contributed by atoms with van der Waals surface area (Å²) >= 11 is 7.03. The van der Waals surface area contributed by atoms with Crippen LogP contribution in [0.3, 0.4) is 0 Å². The van der Waals surface area contributed by atoms with Gasteiger partial charge in [0.25, 0.3) is 0 Å². The number of ether oxygens (including phenoxy) is 1. The Labute approximate surface area is 114 Å². The number of hydrogen-bond donors (Lipinski definition) is 0. The van der Waals surface area contributed by atoms with E-state index in [-0.39, 0.29) is 6.10 Å². The average Bonchev–Trinajstić information content (AvgIpc) is 3.09. The first kappa shape index (κ1) is 12.6. The quantitative estimate of drug-likeness (QED) is 0.701. The van der Waals surface area contributed by atoms with Gasteiger partial charge in [-0.2, -0.15) is 0 Å². The van der Waals surface area contributed by atoms with E-state index in [2.05, 4.69) is 57.0 Å². The van der Waals surface area contributed by atoms with Crippen LogP contribution in [0.25, 0.3) is 0 Å². The number of halogens is 2. The van der Waals surface area contributed by atoms with Crippen molar-refractivity contribution >= 4 is 31.9 Å². The lowest BCUT2D eigenvalue weighted by Crippen LogP contribution is -2.16. The Bertz CT molecular complexity index is 350. The van der Waals surface area contributed by atoms with E-state index in [1.54, 1.807) is 0 Å². The molecule has 1 aliphatic rings. The van der Waals surface area contributed by atoms with Crippen LogP contribution in [0.5, 0.6) is 0 Å². The third kappa shape index (κ3) is 3.31. The molecule has 0 spiro atoms. The molecule has 1 aliphatic carbocycles. The summed E-state index contributed by atoms with van der Waals surface area (Å²) < 4.78 is 7.21. The van der Waals surface area contributed by atoms with Crippen LogP contribution in [-0.4, -0.2) is 11.4 Å². The van der Waals surface area contributed by atoms with Crippen molar-refractivity contribution < 1.29 is 4.74 Å². The van der Waals surface area contributed by atoms with Gasteiger partial charge in [0.2, 0.25) is 0 Å². The highest BCUT2D eigenvalue weighted by Crippen LogP contribution is 2.36. The van der Waals surface area contributed by atoms with Gasteiger partial charge >= 0.3 is 0 Å². The van der Waals surface area contributed by atoms with E-state index in [0.717, 1.165) is 15.7 Å². The maximum atomic E-state index is 6.10. The Hall–Kier alpha value is 0.140. The second-order valence-electron chi connectivity index (χ2n) is 4.38. The van der Waals surface area contributed by atoms with Gasteiger partial charge in [-0.3, -0.25) is 0 Å². The van der Waals surface area contributed by atoms with Gasteiger partial charge in [-0.1, -0.05) is 44.0 Å². The summed E-state index contributed by atoms with van der Waals surface area (Å²) in [6.07, 6.45) is 3.19. The standard InChI is InChI=1S/C13H16Br2O/c1-9(10-5-6-10)16-13(8-14)11-3-2-4-12(15)7-11/h2-4,7,9-10,13H,5-6,8H2,1H3. The highest BCUT2D eigenvalue weighted by Gasteiger charge is 2.30. The summed E-state index contributed by atoms with van der Waals surface area (Å²) in [6.45, 7) is 2.19. The van der Waals surface area contributed by atoms with Gasteiger partial charge in [0.15, 0.2) is 0 Å². The third-order valence-electron chi connectivity index (χ3n) is 3.03. The fourth-order valence-corrected chi connectivity index (χ4v) is 2.79. The number of benzene rings is 1. The molecule has 2 unspecified atom stereocenters. The molecule has 2 atom stereocenters. The van der Waals surface area contributed by atoms with E-state index in [0.29, 0.717) is 6.10 Å². The Morgan fingerprint density at radius 3 is 2.75 bits per heavy atom. The first-order valence-corrected chi connectivity index (χ1v) is 7.59. The fourth-order valence-electron chi connectivity index (χ4n) is 1.85. The van der Waals surface area contributed by atoms with Gasteiger partial charge in [-0.05, 0) is 43.4 Å². The lowest BCUT2D eigenvalue weighted by molar-refractivity contribution is -0.00153. The molecule has 3 heteroatoms. The molecule has 16 heavy (non-hydrogen) atoms. The molecule has 88 valence electrons. The minimum atomic E-state index is 0.160. The second kappa shape index (κ2) is 5.65. The Morgan fingerprint density at radius 2 is 2.19 bits per heavy atom. The molecule has 0 aliphatic heterocycles. The second-order valence-corrected chi connectivity index (χ2v) is 5.94. The van der Waals surface area contributed by atoms with E-state index in [9.17, 15) is 0 Å². The molecular weight excluding hydrogens is 332 g/mol. The summed E-state index contributed by atoms with van der Waals surface area (Å²) in [5, 5.41) is 0.848. The molecule has 0 saturated heterocycles. The van der Waals surface area contributed by atoms with E-state index < -0.39 is 0 Å². The molecule has 0 aromatic heterocycles. The Kier molecular flexibility index (Phi) is 4.45. The zero-order valence-electron chi connectivity index (χ0n) is 9.33. The fraction of sp³-hybridized carbons (Fsp3) is 0.538. The van der Waals surface area contributed by atoms with Gasteiger partial charge in [0.1, 0.15) is 0 Å². The number of rotatable bonds is 5. The zero-order chi connectivity index (χ0) is 11.5. The average molecular weight is 348 g/mol. The molecule has 1 aromatic rings. The molecule has 0 radical (unpaired) electrons. The SMILES string of the molecule is CC(OC(CBr)c1cccc(Br)c1)C1CC1. The smallest absolute Gasteiger partial charge is 0.0925 e. The van der Waals surface area contributed by atoms with E-state index >= 15 is 0 Å². The van der Waals surface area contributed by atoms with Crippen molar-refractivity contribution in [2.75, 3.05) is 5.33 Å². The predicted octanol–water partition coefficient (Wildman–Crippen LogP) is 4.70. The van der Waals surface area contributed by atoms with Crippen LogP contribution in [0, 0.1) is 5.92 Å². The van der Waals surface area contributed by atoms with Crippen LogP contribution in [0.2, 0.25) is 0 Å². The van der Waals surface area contributed by atoms with Crippen LogP contribution < -0.4 is 0 Å². The van der Waals surface area contributed by atoms with Crippen LogP contribution in [0.15, 0.2) is 28.7 Å². The van der Waals surface area contributed by atoms with Crippen molar-refractivity contribution in [3.05, 3.63) is 34.3 Å². The van der Waals surface area contributed by atoms with Gasteiger partial charge in [0.05, 0.1) is 12.2 Å². The van der Waals surface area contributed by atoms with E-state index in [1.807, 2.05) is 6.07 Å². The Balaban J connectivity index is 2.03. The van der Waals surface area contributed by atoms with Crippen LogP contribution in [-0.2, 0) is 4.74 Å². The van der Waals surface area contributed by atoms with Crippen molar-refractivity contribution in [3.63, 3.8) is 0 Å². The van der Waals surface area contributed by atoms with Crippen LogP contribution in [0.4, 0.5) is 0 Å². The molecule has 0 amide bonds.